The second-order valence-corrected chi connectivity index (χ2v) is 4.54. The van der Waals surface area contributed by atoms with Crippen molar-refractivity contribution < 1.29 is 8.78 Å². The molecule has 8 heteroatoms. The van der Waals surface area contributed by atoms with E-state index in [9.17, 15) is 8.78 Å². The van der Waals surface area contributed by atoms with Gasteiger partial charge in [0, 0.05) is 5.56 Å². The third kappa shape index (κ3) is 2.75. The summed E-state index contributed by atoms with van der Waals surface area (Å²) in [6, 6.07) is 7.49. The molecule has 0 unspecified atom stereocenters. The highest BCUT2D eigenvalue weighted by molar-refractivity contribution is 6.04. The summed E-state index contributed by atoms with van der Waals surface area (Å²) in [5.41, 5.74) is 6.35. The summed E-state index contributed by atoms with van der Waals surface area (Å²) in [4.78, 5) is 3.96. The number of aromatic nitrogens is 3. The minimum absolute atomic E-state index is 0. The molecule has 0 bridgehead atoms. The van der Waals surface area contributed by atoms with Gasteiger partial charge < -0.3 is 5.73 Å². The van der Waals surface area contributed by atoms with Gasteiger partial charge in [0.15, 0.2) is 5.65 Å². The molecule has 0 aliphatic rings. The Morgan fingerprint density at radius 3 is 2.68 bits per heavy atom. The van der Waals surface area contributed by atoms with Crippen LogP contribution < -0.4 is 5.73 Å². The molecule has 1 aromatic carbocycles. The van der Waals surface area contributed by atoms with E-state index in [1.165, 1.54) is 16.8 Å². The zero-order valence-corrected chi connectivity index (χ0v) is 12.1. The summed E-state index contributed by atoms with van der Waals surface area (Å²) in [5.74, 6) is -1.21. The van der Waals surface area contributed by atoms with Gasteiger partial charge in [-0.05, 0) is 12.1 Å². The number of halogens is 3. The van der Waals surface area contributed by atoms with E-state index in [0.717, 1.165) is 6.20 Å². The Morgan fingerprint density at radius 1 is 1.27 bits per heavy atom. The topological polar surface area (TPSA) is 80.6 Å². The number of nitrogens with two attached hydrogens (primary N) is 1. The summed E-state index contributed by atoms with van der Waals surface area (Å²) in [6.45, 7) is 0.120. The number of pyridine rings is 1. The van der Waals surface area contributed by atoms with E-state index in [1.807, 2.05) is 0 Å². The molecule has 0 saturated heterocycles. The minimum atomic E-state index is -0.546. The lowest BCUT2D eigenvalue weighted by Gasteiger charge is -2.04. The zero-order valence-electron chi connectivity index (χ0n) is 11.3. The Morgan fingerprint density at radius 2 is 2.00 bits per heavy atom. The van der Waals surface area contributed by atoms with Crippen molar-refractivity contribution in [3.8, 4) is 0 Å². The smallest absolute Gasteiger partial charge is 0.159 e. The van der Waals surface area contributed by atoms with E-state index in [4.69, 9.17) is 11.1 Å². The van der Waals surface area contributed by atoms with Crippen LogP contribution in [-0.2, 0) is 6.54 Å². The average molecular weight is 324 g/mol. The summed E-state index contributed by atoms with van der Waals surface area (Å²) >= 11 is 0. The Bertz CT molecular complexity index is 846. The molecule has 0 atom stereocenters. The molecule has 3 rings (SSSR count). The SMILES string of the molecule is Cl.N=C(N)c1nn(Cc2ccccc2F)c2ncc(F)cc12. The van der Waals surface area contributed by atoms with E-state index in [1.54, 1.807) is 18.2 Å². The standard InChI is InChI=1S/C14H11F2N5.ClH/c15-9-5-10-12(13(17)18)20-21(14(10)19-6-9)7-8-3-1-2-4-11(8)16;/h1-6H,7H2,(H3,17,18);1H. The highest BCUT2D eigenvalue weighted by atomic mass is 35.5. The van der Waals surface area contributed by atoms with Crippen molar-refractivity contribution >= 4 is 29.3 Å². The molecule has 0 amide bonds. The van der Waals surface area contributed by atoms with Crippen LogP contribution in [0.25, 0.3) is 11.0 Å². The van der Waals surface area contributed by atoms with Gasteiger partial charge in [-0.1, -0.05) is 18.2 Å². The van der Waals surface area contributed by atoms with Gasteiger partial charge in [-0.3, -0.25) is 5.41 Å². The van der Waals surface area contributed by atoms with Crippen LogP contribution >= 0.6 is 12.4 Å². The van der Waals surface area contributed by atoms with Crippen molar-refractivity contribution in [3.05, 3.63) is 59.4 Å². The van der Waals surface area contributed by atoms with Crippen molar-refractivity contribution in [2.75, 3.05) is 0 Å². The van der Waals surface area contributed by atoms with Crippen molar-refractivity contribution in [3.63, 3.8) is 0 Å². The third-order valence-electron chi connectivity index (χ3n) is 3.09. The third-order valence-corrected chi connectivity index (χ3v) is 3.09. The fourth-order valence-electron chi connectivity index (χ4n) is 2.13. The Labute approximate surface area is 130 Å². The molecule has 0 aliphatic carbocycles. The van der Waals surface area contributed by atoms with E-state index < -0.39 is 5.82 Å². The number of fused-ring (bicyclic) bond motifs is 1. The van der Waals surface area contributed by atoms with Crippen LogP contribution in [0.1, 0.15) is 11.3 Å². The second kappa shape index (κ2) is 6.07. The van der Waals surface area contributed by atoms with Gasteiger partial charge in [0.2, 0.25) is 0 Å². The molecule has 114 valence electrons. The largest absolute Gasteiger partial charge is 0.382 e. The molecular formula is C14H12ClF2N5. The first-order valence-corrected chi connectivity index (χ1v) is 6.16. The van der Waals surface area contributed by atoms with Crippen molar-refractivity contribution in [1.29, 1.82) is 5.41 Å². The van der Waals surface area contributed by atoms with E-state index in [0.29, 0.717) is 16.6 Å². The highest BCUT2D eigenvalue weighted by Gasteiger charge is 2.15. The number of amidine groups is 1. The normalized spacial score (nSPS) is 10.5. The molecule has 22 heavy (non-hydrogen) atoms. The lowest BCUT2D eigenvalue weighted by atomic mass is 10.2. The van der Waals surface area contributed by atoms with E-state index in [2.05, 4.69) is 10.1 Å². The maximum absolute atomic E-state index is 13.7. The molecule has 0 radical (unpaired) electrons. The van der Waals surface area contributed by atoms with Gasteiger partial charge in [0.25, 0.3) is 0 Å². The second-order valence-electron chi connectivity index (χ2n) is 4.54. The van der Waals surface area contributed by atoms with Crippen molar-refractivity contribution in [2.24, 2.45) is 5.73 Å². The summed E-state index contributed by atoms with van der Waals surface area (Å²) in [6.07, 6.45) is 1.05. The Kier molecular flexibility index (Phi) is 4.37. The van der Waals surface area contributed by atoms with Gasteiger partial charge >= 0.3 is 0 Å². The highest BCUT2D eigenvalue weighted by Crippen LogP contribution is 2.19. The summed E-state index contributed by atoms with van der Waals surface area (Å²) in [5, 5.41) is 12.0. The lowest BCUT2D eigenvalue weighted by Crippen LogP contribution is -2.13. The number of nitrogen functional groups attached to an aromatic ring is 1. The van der Waals surface area contributed by atoms with Crippen LogP contribution in [0.3, 0.4) is 0 Å². The summed E-state index contributed by atoms with van der Waals surface area (Å²) < 4.78 is 28.4. The van der Waals surface area contributed by atoms with E-state index >= 15 is 0 Å². The molecular weight excluding hydrogens is 312 g/mol. The zero-order chi connectivity index (χ0) is 15.0. The van der Waals surface area contributed by atoms with Gasteiger partial charge in [0.05, 0.1) is 18.1 Å². The number of hydrogen-bond donors (Lipinski definition) is 2. The van der Waals surface area contributed by atoms with Gasteiger partial charge in [-0.25, -0.2) is 18.4 Å². The quantitative estimate of drug-likeness (QED) is 0.574. The molecule has 2 heterocycles. The van der Waals surface area contributed by atoms with Crippen LogP contribution in [0.15, 0.2) is 36.5 Å². The number of rotatable bonds is 3. The number of benzene rings is 1. The predicted octanol–water partition coefficient (Wildman–Crippen LogP) is 2.46. The van der Waals surface area contributed by atoms with E-state index in [-0.39, 0.29) is 36.3 Å². The first kappa shape index (κ1) is 15.8. The van der Waals surface area contributed by atoms with Crippen LogP contribution in [-0.4, -0.2) is 20.6 Å². The molecule has 0 fully saturated rings. The number of nitrogens with one attached hydrogen (secondary N) is 1. The van der Waals surface area contributed by atoms with Crippen molar-refractivity contribution in [2.45, 2.75) is 6.54 Å². The number of hydrogen-bond acceptors (Lipinski definition) is 3. The monoisotopic (exact) mass is 323 g/mol. The first-order chi connectivity index (χ1) is 10.1. The first-order valence-electron chi connectivity index (χ1n) is 6.16. The fraction of sp³-hybridized carbons (Fsp3) is 0.0714. The molecule has 0 saturated carbocycles. The molecule has 0 spiro atoms. The van der Waals surface area contributed by atoms with Gasteiger partial charge in [-0.15, -0.1) is 12.4 Å². The lowest BCUT2D eigenvalue weighted by molar-refractivity contribution is 0.588. The average Bonchev–Trinajstić information content (AvgIpc) is 2.79. The van der Waals surface area contributed by atoms with Crippen LogP contribution in [0.4, 0.5) is 8.78 Å². The predicted molar refractivity (Wildman–Crippen MR) is 81.3 cm³/mol. The Balaban J connectivity index is 0.00000176. The maximum atomic E-state index is 13.7. The van der Waals surface area contributed by atoms with Crippen LogP contribution in [0.5, 0.6) is 0 Å². The van der Waals surface area contributed by atoms with Gasteiger partial charge in [0.1, 0.15) is 23.2 Å². The Hall–Kier alpha value is -2.54. The number of nitrogens with zero attached hydrogens (tertiary/aromatic N) is 3. The van der Waals surface area contributed by atoms with Crippen molar-refractivity contribution in [1.82, 2.24) is 14.8 Å². The van der Waals surface area contributed by atoms with Crippen LogP contribution in [0.2, 0.25) is 0 Å². The molecule has 3 aromatic rings. The molecule has 3 N–H and O–H groups in total. The molecule has 5 nitrogen and oxygen atoms in total. The maximum Gasteiger partial charge on any atom is 0.159 e. The van der Waals surface area contributed by atoms with Gasteiger partial charge in [-0.2, -0.15) is 5.10 Å². The fourth-order valence-corrected chi connectivity index (χ4v) is 2.13. The van der Waals surface area contributed by atoms with Crippen LogP contribution in [0, 0.1) is 17.0 Å². The molecule has 2 aromatic heterocycles. The minimum Gasteiger partial charge on any atom is -0.382 e. The molecule has 0 aliphatic heterocycles. The summed E-state index contributed by atoms with van der Waals surface area (Å²) in [7, 11) is 0.